The summed E-state index contributed by atoms with van der Waals surface area (Å²) in [5, 5.41) is 19.8. The highest BCUT2D eigenvalue weighted by Gasteiger charge is 2.42. The molecule has 0 aliphatic carbocycles. The molecule has 2 aromatic rings. The molecule has 3 N–H and O–H groups in total. The van der Waals surface area contributed by atoms with Crippen molar-refractivity contribution in [2.24, 2.45) is 0 Å². The van der Waals surface area contributed by atoms with Crippen molar-refractivity contribution in [2.45, 2.75) is 12.8 Å². The molecule has 1 atom stereocenters. The monoisotopic (exact) mass is 336 g/mol. The lowest BCUT2D eigenvalue weighted by Gasteiger charge is -2.25. The van der Waals surface area contributed by atoms with E-state index in [0.29, 0.717) is 22.0 Å². The number of hydrogen-bond donors (Lipinski definition) is 3. The molecule has 1 aromatic heterocycles. The predicted molar refractivity (Wildman–Crippen MR) is 83.2 cm³/mol. The average molecular weight is 337 g/mol. The molecule has 1 aliphatic rings. The van der Waals surface area contributed by atoms with Crippen molar-refractivity contribution in [3.05, 3.63) is 72.1 Å². The molecular weight excluding hydrogens is 324 g/mol. The van der Waals surface area contributed by atoms with Crippen molar-refractivity contribution in [1.29, 1.82) is 0 Å². The van der Waals surface area contributed by atoms with E-state index >= 15 is 0 Å². The molecule has 0 saturated heterocycles. The zero-order valence-corrected chi connectivity index (χ0v) is 13.0. The number of nitro groups is 1. The maximum Gasteiger partial charge on any atom is 0.317 e. The summed E-state index contributed by atoms with van der Waals surface area (Å²) in [6.07, 6.45) is 0. The van der Waals surface area contributed by atoms with Crippen LogP contribution in [0.4, 0.5) is 0 Å². The second kappa shape index (κ2) is 5.47. The van der Waals surface area contributed by atoms with E-state index in [-0.39, 0.29) is 17.1 Å². The number of H-pyrrole nitrogens is 2. The molecular formula is C14H13ClN4O4. The fraction of sp³-hybridized carbons (Fsp3) is 0.214. The number of nitrogens with one attached hydrogen (secondary N) is 3. The highest BCUT2D eigenvalue weighted by Crippen LogP contribution is 2.43. The third-order valence-corrected chi connectivity index (χ3v) is 3.96. The number of rotatable bonds is 3. The molecule has 23 heavy (non-hydrogen) atoms. The van der Waals surface area contributed by atoms with Gasteiger partial charge in [-0.2, -0.15) is 0 Å². The Kier molecular flexibility index (Phi) is 3.61. The van der Waals surface area contributed by atoms with Gasteiger partial charge in [0.15, 0.2) is 0 Å². The van der Waals surface area contributed by atoms with Gasteiger partial charge in [-0.25, -0.2) is 0 Å². The molecule has 120 valence electrons. The van der Waals surface area contributed by atoms with E-state index in [9.17, 15) is 14.9 Å². The summed E-state index contributed by atoms with van der Waals surface area (Å²) in [6.45, 7) is 1.67. The van der Waals surface area contributed by atoms with Gasteiger partial charge >= 0.3 is 5.70 Å². The summed E-state index contributed by atoms with van der Waals surface area (Å²) in [4.78, 5) is 23.2. The molecule has 0 fully saturated rings. The summed E-state index contributed by atoms with van der Waals surface area (Å²) in [7, 11) is 1.52. The third kappa shape index (κ3) is 2.36. The first-order chi connectivity index (χ1) is 10.9. The number of aromatic amines is 2. The largest absolute Gasteiger partial charge is 0.435 e. The number of aromatic nitrogens is 2. The summed E-state index contributed by atoms with van der Waals surface area (Å²) in [5.41, 5.74) is 0.584. The molecule has 0 saturated carbocycles. The van der Waals surface area contributed by atoms with Crippen LogP contribution in [-0.4, -0.2) is 22.2 Å². The highest BCUT2D eigenvalue weighted by molar-refractivity contribution is 6.30. The molecule has 0 radical (unpaired) electrons. The van der Waals surface area contributed by atoms with Crippen LogP contribution in [0.5, 0.6) is 5.75 Å². The van der Waals surface area contributed by atoms with Crippen LogP contribution in [0.15, 0.2) is 34.6 Å². The van der Waals surface area contributed by atoms with E-state index in [4.69, 9.17) is 16.3 Å². The minimum atomic E-state index is -0.898. The fourth-order valence-corrected chi connectivity index (χ4v) is 2.92. The summed E-state index contributed by atoms with van der Waals surface area (Å²) in [5.74, 6) is -0.492. The Labute approximate surface area is 135 Å². The van der Waals surface area contributed by atoms with Gasteiger partial charge in [-0.05, 0) is 25.1 Å². The van der Waals surface area contributed by atoms with Crippen LogP contribution in [0.25, 0.3) is 0 Å². The molecule has 1 unspecified atom stereocenters. The average Bonchev–Trinajstić information content (AvgIpc) is 2.84. The van der Waals surface area contributed by atoms with Crippen LogP contribution in [0.1, 0.15) is 22.7 Å². The van der Waals surface area contributed by atoms with Crippen LogP contribution in [0.2, 0.25) is 5.02 Å². The minimum Gasteiger partial charge on any atom is -0.435 e. The molecule has 8 nitrogen and oxygen atoms in total. The Balaban J connectivity index is 2.36. The topological polar surface area (TPSA) is 113 Å². The first-order valence-electron chi connectivity index (χ1n) is 6.74. The van der Waals surface area contributed by atoms with Gasteiger partial charge in [-0.15, -0.1) is 0 Å². The normalized spacial score (nSPS) is 16.7. The van der Waals surface area contributed by atoms with Gasteiger partial charge in [-0.1, -0.05) is 11.6 Å². The standard InChI is InChI=1S/C14H13ClN4O4/c1-6-10(13(20)18-17-6)11-8-5-7(15)3-4-9(8)23-14(16-2)12(11)19(21)22/h3-5,11,16H,1-2H3,(H2,17,18,20). The molecule has 2 heterocycles. The molecule has 0 bridgehead atoms. The number of aryl methyl sites for hydroxylation is 1. The van der Waals surface area contributed by atoms with Crippen molar-refractivity contribution >= 4 is 11.6 Å². The lowest BCUT2D eigenvalue weighted by atomic mass is 9.86. The quantitative estimate of drug-likeness (QED) is 0.585. The number of allylic oxidation sites excluding steroid dienone is 1. The lowest BCUT2D eigenvalue weighted by molar-refractivity contribution is -0.432. The van der Waals surface area contributed by atoms with Crippen molar-refractivity contribution in [3.8, 4) is 5.75 Å². The first kappa shape index (κ1) is 15.2. The Morgan fingerprint density at radius 2 is 2.13 bits per heavy atom. The number of hydrogen-bond acceptors (Lipinski definition) is 5. The molecule has 0 amide bonds. The van der Waals surface area contributed by atoms with E-state index in [1.54, 1.807) is 25.1 Å². The van der Waals surface area contributed by atoms with Crippen LogP contribution in [0.3, 0.4) is 0 Å². The minimum absolute atomic E-state index is 0.00479. The van der Waals surface area contributed by atoms with Crippen LogP contribution >= 0.6 is 11.6 Å². The fourth-order valence-electron chi connectivity index (χ4n) is 2.74. The smallest absolute Gasteiger partial charge is 0.317 e. The number of benzene rings is 1. The Bertz CT molecular complexity index is 883. The summed E-state index contributed by atoms with van der Waals surface area (Å²) in [6, 6.07) is 4.81. The third-order valence-electron chi connectivity index (χ3n) is 3.73. The van der Waals surface area contributed by atoms with Crippen LogP contribution in [0, 0.1) is 17.0 Å². The second-order valence-electron chi connectivity index (χ2n) is 5.06. The zero-order chi connectivity index (χ0) is 16.7. The SMILES string of the molecule is CNC1=C([N+](=O)[O-])C(c2c(C)[nH][nH]c2=O)c2cc(Cl)ccc2O1. The highest BCUT2D eigenvalue weighted by atomic mass is 35.5. The zero-order valence-electron chi connectivity index (χ0n) is 12.3. The predicted octanol–water partition coefficient (Wildman–Crippen LogP) is 1.85. The molecule has 9 heteroatoms. The Hall–Kier alpha value is -2.74. The molecule has 3 rings (SSSR count). The van der Waals surface area contributed by atoms with E-state index in [2.05, 4.69) is 15.5 Å². The van der Waals surface area contributed by atoms with Gasteiger partial charge in [-0.3, -0.25) is 20.0 Å². The second-order valence-corrected chi connectivity index (χ2v) is 5.49. The lowest BCUT2D eigenvalue weighted by Crippen LogP contribution is -2.29. The maximum atomic E-state index is 12.2. The first-order valence-corrected chi connectivity index (χ1v) is 7.12. The Morgan fingerprint density at radius 3 is 2.70 bits per heavy atom. The van der Waals surface area contributed by atoms with Gasteiger partial charge in [0, 0.05) is 23.3 Å². The van der Waals surface area contributed by atoms with Crippen LogP contribution in [-0.2, 0) is 0 Å². The van der Waals surface area contributed by atoms with E-state index in [1.807, 2.05) is 0 Å². The molecule has 1 aliphatic heterocycles. The van der Waals surface area contributed by atoms with Gasteiger partial charge < -0.3 is 15.2 Å². The molecule has 1 aromatic carbocycles. The Morgan fingerprint density at radius 1 is 1.39 bits per heavy atom. The number of halogens is 1. The van der Waals surface area contributed by atoms with Gasteiger partial charge in [0.05, 0.1) is 10.5 Å². The van der Waals surface area contributed by atoms with Crippen molar-refractivity contribution in [1.82, 2.24) is 15.5 Å². The number of nitrogens with zero attached hydrogens (tertiary/aromatic N) is 1. The number of fused-ring (bicyclic) bond motifs is 1. The molecule has 0 spiro atoms. The van der Waals surface area contributed by atoms with Crippen LogP contribution < -0.4 is 15.6 Å². The maximum absolute atomic E-state index is 12.2. The van der Waals surface area contributed by atoms with Crippen molar-refractivity contribution in [2.75, 3.05) is 7.05 Å². The van der Waals surface area contributed by atoms with Gasteiger partial charge in [0.25, 0.3) is 11.4 Å². The van der Waals surface area contributed by atoms with Crippen molar-refractivity contribution < 1.29 is 9.66 Å². The van der Waals surface area contributed by atoms with E-state index in [0.717, 1.165) is 0 Å². The van der Waals surface area contributed by atoms with E-state index in [1.165, 1.54) is 7.05 Å². The van der Waals surface area contributed by atoms with Gasteiger partial charge in [0.1, 0.15) is 11.7 Å². The summed E-state index contributed by atoms with van der Waals surface area (Å²) >= 11 is 6.03. The van der Waals surface area contributed by atoms with Gasteiger partial charge in [0.2, 0.25) is 0 Å². The number of ether oxygens (including phenoxy) is 1. The summed E-state index contributed by atoms with van der Waals surface area (Å²) < 4.78 is 5.56. The van der Waals surface area contributed by atoms with Crippen molar-refractivity contribution in [3.63, 3.8) is 0 Å². The van der Waals surface area contributed by atoms with E-state index < -0.39 is 16.4 Å².